The van der Waals surface area contributed by atoms with Gasteiger partial charge in [0.25, 0.3) is 0 Å². The van der Waals surface area contributed by atoms with Gasteiger partial charge in [-0.25, -0.2) is 0 Å². The van der Waals surface area contributed by atoms with Crippen molar-refractivity contribution >= 4 is 0 Å². The van der Waals surface area contributed by atoms with E-state index in [0.29, 0.717) is 0 Å². The summed E-state index contributed by atoms with van der Waals surface area (Å²) in [5, 5.41) is 0. The van der Waals surface area contributed by atoms with Gasteiger partial charge in [-0.15, -0.1) is 0 Å². The summed E-state index contributed by atoms with van der Waals surface area (Å²) in [6.45, 7) is 8.00. The molecule has 0 aliphatic rings. The predicted octanol–water partition coefficient (Wildman–Crippen LogP) is 6.32. The number of hydrogen-bond acceptors (Lipinski definition) is 0. The van der Waals surface area contributed by atoms with Gasteiger partial charge >= 0.3 is 21.1 Å². The van der Waals surface area contributed by atoms with Crippen molar-refractivity contribution in [1.82, 2.24) is 0 Å². The molecule has 0 N–H and O–H groups in total. The van der Waals surface area contributed by atoms with Gasteiger partial charge in [0.05, 0.1) is 0 Å². The molecule has 0 heterocycles. The molecule has 0 bridgehead atoms. The van der Waals surface area contributed by atoms with Crippen molar-refractivity contribution in [2.45, 2.75) is 27.7 Å². The molecule has 2 rings (SSSR count). The van der Waals surface area contributed by atoms with Crippen molar-refractivity contribution in [1.29, 1.82) is 0 Å². The van der Waals surface area contributed by atoms with Crippen LogP contribution in [-0.2, 0) is 42.1 Å². The van der Waals surface area contributed by atoms with Gasteiger partial charge in [-0.3, -0.25) is 0 Å². The van der Waals surface area contributed by atoms with E-state index in [1.807, 2.05) is 100 Å². The standard InChI is InChI=1S/2C6H6.2C2H6.2CH3.2W/c2*1-2-4-6-5-3-1;2*1-2;;;;/h2*1-6H;2*1-2H3;2*1H3;;/q;;;;2*-1;;+2. The maximum atomic E-state index is 2.00. The largest absolute Gasteiger partial charge is 2.00 e. The molecule has 0 fully saturated rings. The molecule has 20 heavy (non-hydrogen) atoms. The van der Waals surface area contributed by atoms with Crippen molar-refractivity contribution in [2.75, 3.05) is 0 Å². The molecule has 0 radical (unpaired) electrons. The Morgan fingerprint density at radius 3 is 0.450 bits per heavy atom. The van der Waals surface area contributed by atoms with E-state index >= 15 is 0 Å². The minimum Gasteiger partial charge on any atom is -0.358 e. The second kappa shape index (κ2) is 42.8. The van der Waals surface area contributed by atoms with Crippen LogP contribution in [0, 0.1) is 14.9 Å². The van der Waals surface area contributed by atoms with E-state index in [-0.39, 0.29) is 57.0 Å². The topological polar surface area (TPSA) is 0 Å². The van der Waals surface area contributed by atoms with Crippen molar-refractivity contribution in [3.63, 3.8) is 0 Å². The zero-order valence-corrected chi connectivity index (χ0v) is 19.6. The Bertz CT molecular complexity index is 185. The Hall–Kier alpha value is -0.183. The molecule has 0 atom stereocenters. The normalized spacial score (nSPS) is 5.40. The van der Waals surface area contributed by atoms with Crippen molar-refractivity contribution in [2.24, 2.45) is 0 Å². The predicted molar refractivity (Wildman–Crippen MR) is 88.4 cm³/mol. The monoisotopic (exact) mass is 614 g/mol. The molecule has 0 saturated heterocycles. The summed E-state index contributed by atoms with van der Waals surface area (Å²) in [6, 6.07) is 24.0. The fourth-order valence-electron chi connectivity index (χ4n) is 0.770. The van der Waals surface area contributed by atoms with E-state index < -0.39 is 0 Å². The number of hydrogen-bond donors (Lipinski definition) is 0. The van der Waals surface area contributed by atoms with Gasteiger partial charge in [-0.05, 0) is 0 Å². The molecule has 114 valence electrons. The van der Waals surface area contributed by atoms with E-state index in [0.717, 1.165) is 0 Å². The summed E-state index contributed by atoms with van der Waals surface area (Å²) in [5.74, 6) is 0. The fourth-order valence-corrected chi connectivity index (χ4v) is 0.770. The first-order valence-electron chi connectivity index (χ1n) is 6.00. The van der Waals surface area contributed by atoms with Crippen LogP contribution < -0.4 is 0 Å². The molecule has 0 saturated carbocycles. The van der Waals surface area contributed by atoms with Gasteiger partial charge < -0.3 is 14.9 Å². The number of rotatable bonds is 0. The van der Waals surface area contributed by atoms with E-state index in [1.165, 1.54) is 0 Å². The summed E-state index contributed by atoms with van der Waals surface area (Å²) in [5.41, 5.74) is 0. The SMILES string of the molecule is CC.CC.[CH3-].[CH3-].[W+2].[W].c1ccccc1.c1ccccc1. The Morgan fingerprint density at radius 2 is 0.400 bits per heavy atom. The van der Waals surface area contributed by atoms with Crippen LogP contribution in [0.25, 0.3) is 0 Å². The van der Waals surface area contributed by atoms with Gasteiger partial charge in [0.2, 0.25) is 0 Å². The van der Waals surface area contributed by atoms with Crippen molar-refractivity contribution < 1.29 is 42.1 Å². The molecule has 0 aliphatic heterocycles. The quantitative estimate of drug-likeness (QED) is 0.305. The van der Waals surface area contributed by atoms with Gasteiger partial charge in [-0.1, -0.05) is 100 Å². The molecular formula is C18H30W2. The molecule has 0 nitrogen and oxygen atoms in total. The molecule has 0 spiro atoms. The van der Waals surface area contributed by atoms with Gasteiger partial charge in [0.1, 0.15) is 0 Å². The van der Waals surface area contributed by atoms with Crippen LogP contribution in [0.3, 0.4) is 0 Å². The van der Waals surface area contributed by atoms with Crippen LogP contribution >= 0.6 is 0 Å². The molecule has 0 aliphatic carbocycles. The van der Waals surface area contributed by atoms with E-state index in [4.69, 9.17) is 0 Å². The first-order valence-corrected chi connectivity index (χ1v) is 6.00. The van der Waals surface area contributed by atoms with Crippen LogP contribution in [-0.4, -0.2) is 0 Å². The zero-order valence-electron chi connectivity index (χ0n) is 13.7. The first-order chi connectivity index (χ1) is 8.00. The summed E-state index contributed by atoms with van der Waals surface area (Å²) in [6.07, 6.45) is 0. The van der Waals surface area contributed by atoms with Crippen LogP contribution in [0.2, 0.25) is 0 Å². The molecule has 2 heteroatoms. The van der Waals surface area contributed by atoms with E-state index in [2.05, 4.69) is 0 Å². The summed E-state index contributed by atoms with van der Waals surface area (Å²) in [7, 11) is 0. The molecule has 2 aromatic rings. The zero-order chi connectivity index (χ0) is 12.5. The molecule has 2 aromatic carbocycles. The first kappa shape index (κ1) is 36.8. The van der Waals surface area contributed by atoms with Gasteiger partial charge in [0.15, 0.2) is 0 Å². The van der Waals surface area contributed by atoms with Gasteiger partial charge in [-0.2, -0.15) is 0 Å². The van der Waals surface area contributed by atoms with Crippen LogP contribution in [0.15, 0.2) is 72.8 Å². The Balaban J connectivity index is -0.0000000339. The second-order valence-corrected chi connectivity index (χ2v) is 2.31. The Kier molecular flexibility index (Phi) is 78.6. The van der Waals surface area contributed by atoms with Crippen LogP contribution in [0.5, 0.6) is 0 Å². The number of benzene rings is 2. The third-order valence-electron chi connectivity index (χ3n) is 1.33. The van der Waals surface area contributed by atoms with E-state index in [9.17, 15) is 0 Å². The van der Waals surface area contributed by atoms with Gasteiger partial charge in [0, 0.05) is 21.1 Å². The summed E-state index contributed by atoms with van der Waals surface area (Å²) < 4.78 is 0. The van der Waals surface area contributed by atoms with E-state index in [1.54, 1.807) is 0 Å². The third kappa shape index (κ3) is 36.1. The minimum atomic E-state index is 0. The van der Waals surface area contributed by atoms with Crippen LogP contribution in [0.1, 0.15) is 27.7 Å². The summed E-state index contributed by atoms with van der Waals surface area (Å²) in [4.78, 5) is 0. The summed E-state index contributed by atoms with van der Waals surface area (Å²) >= 11 is 0. The molecule has 0 unspecified atom stereocenters. The molecule has 0 amide bonds. The Labute approximate surface area is 156 Å². The second-order valence-electron chi connectivity index (χ2n) is 2.31. The maximum Gasteiger partial charge on any atom is 2.00 e. The smallest absolute Gasteiger partial charge is 0.358 e. The molecular weight excluding hydrogens is 584 g/mol. The Morgan fingerprint density at radius 1 is 0.350 bits per heavy atom. The van der Waals surface area contributed by atoms with Crippen molar-refractivity contribution in [3.8, 4) is 0 Å². The average molecular weight is 614 g/mol. The minimum absolute atomic E-state index is 0. The van der Waals surface area contributed by atoms with Crippen molar-refractivity contribution in [3.05, 3.63) is 87.6 Å². The van der Waals surface area contributed by atoms with Crippen LogP contribution in [0.4, 0.5) is 0 Å². The average Bonchev–Trinajstić information content (AvgIpc) is 2.48. The fraction of sp³-hybridized carbons (Fsp3) is 0.222. The molecule has 0 aromatic heterocycles. The maximum absolute atomic E-state index is 2.00. The third-order valence-corrected chi connectivity index (χ3v) is 1.33.